The molecule has 0 saturated carbocycles. The molecule has 2 aromatic carbocycles. The smallest absolute Gasteiger partial charge is 0.244 e. The van der Waals surface area contributed by atoms with E-state index >= 15 is 0 Å². The van der Waals surface area contributed by atoms with Crippen molar-refractivity contribution in [1.29, 1.82) is 0 Å². The van der Waals surface area contributed by atoms with E-state index in [1.54, 1.807) is 25.3 Å². The van der Waals surface area contributed by atoms with Crippen LogP contribution in [-0.4, -0.2) is 90.0 Å². The van der Waals surface area contributed by atoms with Crippen molar-refractivity contribution < 1.29 is 23.0 Å². The Labute approximate surface area is 202 Å². The topological polar surface area (TPSA) is 91.3 Å². The van der Waals surface area contributed by atoms with Crippen molar-refractivity contribution in [2.45, 2.75) is 23.8 Å². The molecule has 1 saturated heterocycles. The first-order chi connectivity index (χ1) is 16.2. The van der Waals surface area contributed by atoms with Crippen molar-refractivity contribution in [2.24, 2.45) is 5.41 Å². The highest BCUT2D eigenvalue weighted by atomic mass is 32.2. The lowest BCUT2D eigenvalue weighted by Gasteiger charge is -2.43. The van der Waals surface area contributed by atoms with Gasteiger partial charge in [0.1, 0.15) is 16.4 Å². The second-order valence-electron chi connectivity index (χ2n) is 9.69. The van der Waals surface area contributed by atoms with Crippen molar-refractivity contribution >= 4 is 10.0 Å². The fourth-order valence-corrected chi connectivity index (χ4v) is 6.04. The lowest BCUT2D eigenvalue weighted by molar-refractivity contribution is 0.0219. The maximum atomic E-state index is 13.2. The normalized spacial score (nSPS) is 23.8. The molecular weight excluding hydrogens is 454 g/mol. The van der Waals surface area contributed by atoms with Gasteiger partial charge in [-0.3, -0.25) is 0 Å². The van der Waals surface area contributed by atoms with E-state index in [2.05, 4.69) is 21.6 Å². The number of likely N-dealkylation sites (tertiary alicyclic amines) is 1. The Bertz CT molecular complexity index is 1100. The Morgan fingerprint density at radius 2 is 1.82 bits per heavy atom. The molecular formula is C25H35N3O5S. The third kappa shape index (κ3) is 5.72. The van der Waals surface area contributed by atoms with Gasteiger partial charge < -0.3 is 24.4 Å². The molecule has 4 rings (SSSR count). The number of benzene rings is 2. The maximum absolute atomic E-state index is 13.2. The molecule has 1 fully saturated rings. The highest BCUT2D eigenvalue weighted by Gasteiger charge is 2.37. The minimum atomic E-state index is -3.87. The molecule has 1 spiro atoms. The Hall–Kier alpha value is -2.17. The van der Waals surface area contributed by atoms with Crippen LogP contribution in [0, 0.1) is 5.41 Å². The van der Waals surface area contributed by atoms with Gasteiger partial charge in [-0.1, -0.05) is 18.2 Å². The summed E-state index contributed by atoms with van der Waals surface area (Å²) in [5, 5.41) is 10.5. The molecule has 2 aliphatic rings. The minimum absolute atomic E-state index is 0.0561. The Morgan fingerprint density at radius 3 is 2.56 bits per heavy atom. The number of aliphatic hydroxyl groups excluding tert-OH is 1. The quantitative estimate of drug-likeness (QED) is 0.667. The molecule has 0 bridgehead atoms. The van der Waals surface area contributed by atoms with Gasteiger partial charge in [0.15, 0.2) is 0 Å². The standard InChI is InChI=1S/C25H35N3O5S/c1-27-11-9-25(10-12-27)17-28(2)16-21(29)15-26-34(30,31)24-8-7-20(14-23(24)33-18-25)19-5-4-6-22(13-19)32-3/h4-8,13-14,21,26,29H,9-12,15-18H2,1-3H3. The number of aliphatic hydroxyl groups is 1. The summed E-state index contributed by atoms with van der Waals surface area (Å²) in [4.78, 5) is 4.48. The SMILES string of the molecule is COc1cccc(-c2ccc3c(c2)OCC2(CCN(C)CC2)CN(C)CC(O)CNS3(=O)=O)c1. The van der Waals surface area contributed by atoms with Gasteiger partial charge in [0.05, 0.1) is 19.8 Å². The first-order valence-electron chi connectivity index (χ1n) is 11.7. The van der Waals surface area contributed by atoms with E-state index in [0.717, 1.165) is 49.4 Å². The zero-order chi connectivity index (χ0) is 24.3. The van der Waals surface area contributed by atoms with Crippen LogP contribution in [-0.2, 0) is 10.0 Å². The zero-order valence-corrected chi connectivity index (χ0v) is 21.0. The van der Waals surface area contributed by atoms with Gasteiger partial charge in [-0.25, -0.2) is 13.1 Å². The second kappa shape index (κ2) is 10.2. The average Bonchev–Trinajstić information content (AvgIpc) is 2.82. The number of hydrogen-bond donors (Lipinski definition) is 2. The van der Waals surface area contributed by atoms with Gasteiger partial charge in [0.2, 0.25) is 10.0 Å². The maximum Gasteiger partial charge on any atom is 0.244 e. The lowest BCUT2D eigenvalue weighted by Crippen LogP contribution is -2.50. The highest BCUT2D eigenvalue weighted by Crippen LogP contribution is 2.36. The van der Waals surface area contributed by atoms with Gasteiger partial charge in [-0.05, 0) is 75.4 Å². The first kappa shape index (κ1) is 24.9. The van der Waals surface area contributed by atoms with Crippen LogP contribution in [0.25, 0.3) is 11.1 Å². The predicted octanol–water partition coefficient (Wildman–Crippen LogP) is 2.04. The summed E-state index contributed by atoms with van der Waals surface area (Å²) in [5.74, 6) is 1.05. The fraction of sp³-hybridized carbons (Fsp3) is 0.520. The van der Waals surface area contributed by atoms with Crippen LogP contribution in [0.15, 0.2) is 47.4 Å². The number of rotatable bonds is 2. The summed E-state index contributed by atoms with van der Waals surface area (Å²) in [7, 11) is 1.83. The number of sulfonamides is 1. The van der Waals surface area contributed by atoms with Crippen LogP contribution >= 0.6 is 0 Å². The van der Waals surface area contributed by atoms with Gasteiger partial charge >= 0.3 is 0 Å². The van der Waals surface area contributed by atoms with Gasteiger partial charge in [-0.2, -0.15) is 0 Å². The molecule has 1 unspecified atom stereocenters. The van der Waals surface area contributed by atoms with E-state index in [1.807, 2.05) is 31.3 Å². The number of ether oxygens (including phenoxy) is 2. The summed E-state index contributed by atoms with van der Waals surface area (Å²) >= 11 is 0. The van der Waals surface area contributed by atoms with Crippen molar-refractivity contribution in [2.75, 3.05) is 60.5 Å². The van der Waals surface area contributed by atoms with Crippen molar-refractivity contribution in [3.05, 3.63) is 42.5 Å². The Kier molecular flexibility index (Phi) is 7.49. The van der Waals surface area contributed by atoms with E-state index in [1.165, 1.54) is 0 Å². The number of hydrogen-bond acceptors (Lipinski definition) is 7. The van der Waals surface area contributed by atoms with Gasteiger partial charge in [0, 0.05) is 25.0 Å². The third-order valence-electron chi connectivity index (χ3n) is 6.85. The van der Waals surface area contributed by atoms with Crippen LogP contribution in [0.3, 0.4) is 0 Å². The van der Waals surface area contributed by atoms with E-state index in [4.69, 9.17) is 9.47 Å². The molecule has 9 heteroatoms. The molecule has 0 amide bonds. The first-order valence-corrected chi connectivity index (χ1v) is 13.1. The molecule has 0 aliphatic carbocycles. The Morgan fingerprint density at radius 1 is 1.09 bits per heavy atom. The van der Waals surface area contributed by atoms with Crippen molar-refractivity contribution in [3.63, 3.8) is 0 Å². The molecule has 34 heavy (non-hydrogen) atoms. The molecule has 8 nitrogen and oxygen atoms in total. The number of fused-ring (bicyclic) bond motifs is 1. The van der Waals surface area contributed by atoms with Crippen LogP contribution < -0.4 is 14.2 Å². The van der Waals surface area contributed by atoms with Gasteiger partial charge in [0.25, 0.3) is 0 Å². The molecule has 0 aromatic heterocycles. The number of nitrogens with zero attached hydrogens (tertiary/aromatic N) is 2. The monoisotopic (exact) mass is 489 g/mol. The number of piperidine rings is 1. The molecule has 0 radical (unpaired) electrons. The third-order valence-corrected chi connectivity index (χ3v) is 8.32. The van der Waals surface area contributed by atoms with E-state index in [-0.39, 0.29) is 16.9 Å². The van der Waals surface area contributed by atoms with Crippen LogP contribution in [0.1, 0.15) is 12.8 Å². The zero-order valence-electron chi connectivity index (χ0n) is 20.2. The second-order valence-corrected chi connectivity index (χ2v) is 11.4. The van der Waals surface area contributed by atoms with Gasteiger partial charge in [-0.15, -0.1) is 0 Å². The largest absolute Gasteiger partial charge is 0.497 e. The summed E-state index contributed by atoms with van der Waals surface area (Å²) in [6, 6.07) is 12.8. The summed E-state index contributed by atoms with van der Waals surface area (Å²) in [6.07, 6.45) is 1.09. The number of likely N-dealkylation sites (N-methyl/N-ethyl adjacent to an activating group) is 1. The van der Waals surface area contributed by atoms with Crippen LogP contribution in [0.5, 0.6) is 11.5 Å². The minimum Gasteiger partial charge on any atom is -0.497 e. The van der Waals surface area contributed by atoms with Crippen LogP contribution in [0.4, 0.5) is 0 Å². The summed E-state index contributed by atoms with van der Waals surface area (Å²) in [5.41, 5.74) is 1.63. The number of nitrogens with one attached hydrogen (secondary N) is 1. The van der Waals surface area contributed by atoms with Crippen molar-refractivity contribution in [1.82, 2.24) is 14.5 Å². The Balaban J connectivity index is 1.74. The van der Waals surface area contributed by atoms with Crippen molar-refractivity contribution in [3.8, 4) is 22.6 Å². The highest BCUT2D eigenvalue weighted by molar-refractivity contribution is 7.89. The molecule has 186 valence electrons. The summed E-state index contributed by atoms with van der Waals surface area (Å²) < 4.78 is 40.6. The summed E-state index contributed by atoms with van der Waals surface area (Å²) in [6.45, 7) is 3.43. The van der Waals surface area contributed by atoms with E-state index in [0.29, 0.717) is 18.9 Å². The predicted molar refractivity (Wildman–Crippen MR) is 132 cm³/mol. The molecule has 2 aliphatic heterocycles. The molecule has 1 atom stereocenters. The van der Waals surface area contributed by atoms with E-state index < -0.39 is 16.1 Å². The average molecular weight is 490 g/mol. The molecule has 2 heterocycles. The lowest BCUT2D eigenvalue weighted by atomic mass is 9.78. The van der Waals surface area contributed by atoms with E-state index in [9.17, 15) is 13.5 Å². The number of β-amino-alcohol motifs (C(OH)–C–C–N with tert-alkyl or cyclic N) is 1. The fourth-order valence-electron chi connectivity index (χ4n) is 4.84. The molecule has 2 N–H and O–H groups in total. The number of methoxy groups -OCH3 is 1. The molecule has 2 aromatic rings. The van der Waals surface area contributed by atoms with Crippen LogP contribution in [0.2, 0.25) is 0 Å².